The van der Waals surface area contributed by atoms with Gasteiger partial charge in [0.15, 0.2) is 0 Å². The predicted octanol–water partition coefficient (Wildman–Crippen LogP) is 3.81. The summed E-state index contributed by atoms with van der Waals surface area (Å²) in [7, 11) is -2.91. The number of nitrogens with one attached hydrogen (secondary N) is 1. The molecule has 0 saturated heterocycles. The molecule has 0 unspecified atom stereocenters. The van der Waals surface area contributed by atoms with Gasteiger partial charge in [0, 0.05) is 24.2 Å². The largest absolute Gasteiger partial charge is 0.465 e. The fraction of sp³-hybridized carbons (Fsp3) is 0.300. The number of carbonyl (C=O) groups excluding carboxylic acids is 1. The fourth-order valence-corrected chi connectivity index (χ4v) is 4.58. The second-order valence-electron chi connectivity index (χ2n) is 6.36. The van der Waals surface area contributed by atoms with Crippen LogP contribution >= 0.6 is 15.9 Å². The van der Waals surface area contributed by atoms with E-state index >= 15 is 0 Å². The summed E-state index contributed by atoms with van der Waals surface area (Å²) in [5.74, 6) is -0.576. The fourth-order valence-electron chi connectivity index (χ4n) is 3.03. The first kappa shape index (κ1) is 22.3. The molecule has 0 fully saturated rings. The number of esters is 1. The number of para-hydroxylation sites is 2. The van der Waals surface area contributed by atoms with Gasteiger partial charge in [0.2, 0.25) is 5.95 Å². The molecule has 0 aliphatic heterocycles. The Morgan fingerprint density at radius 1 is 1.23 bits per heavy atom. The van der Waals surface area contributed by atoms with Crippen LogP contribution in [0, 0.1) is 0 Å². The maximum atomic E-state index is 13.1. The highest BCUT2D eigenvalue weighted by atomic mass is 79.9. The van der Waals surface area contributed by atoms with Gasteiger partial charge in [-0.2, -0.15) is 0 Å². The van der Waals surface area contributed by atoms with Crippen LogP contribution in [0.1, 0.15) is 23.7 Å². The summed E-state index contributed by atoms with van der Waals surface area (Å²) in [6.07, 6.45) is 0.689. The van der Waals surface area contributed by atoms with Crippen molar-refractivity contribution in [3.8, 4) is 0 Å². The maximum Gasteiger partial charge on any atom is 0.339 e. The van der Waals surface area contributed by atoms with E-state index in [2.05, 4.69) is 25.6 Å². The van der Waals surface area contributed by atoms with Crippen LogP contribution in [0.4, 0.5) is 5.95 Å². The smallest absolute Gasteiger partial charge is 0.339 e. The molecule has 0 saturated carbocycles. The summed E-state index contributed by atoms with van der Waals surface area (Å²) in [6, 6.07) is 11.7. The summed E-state index contributed by atoms with van der Waals surface area (Å²) in [5.41, 5.74) is 1.39. The second-order valence-corrected chi connectivity index (χ2v) is 8.93. The predicted molar refractivity (Wildman–Crippen MR) is 117 cm³/mol. The summed E-state index contributed by atoms with van der Waals surface area (Å²) >= 11 is 3.25. The van der Waals surface area contributed by atoms with E-state index in [0.717, 1.165) is 5.52 Å². The van der Waals surface area contributed by atoms with Crippen molar-refractivity contribution in [3.63, 3.8) is 0 Å². The SMILES string of the molecule is CCOCCCn1c(NS(=O)(=O)c2ccc(Br)cc2C(=O)OC)nc2ccccc21. The molecule has 10 heteroatoms. The standard InChI is InChI=1S/C20H22BrN3O5S/c1-3-29-12-6-11-24-17-8-5-4-7-16(17)22-20(24)23-30(26,27)18-10-9-14(21)13-15(18)19(25)28-2/h4-5,7-10,13H,3,6,11-12H2,1-2H3,(H,22,23). The monoisotopic (exact) mass is 495 g/mol. The Morgan fingerprint density at radius 2 is 2.00 bits per heavy atom. The van der Waals surface area contributed by atoms with Gasteiger partial charge in [-0.05, 0) is 43.7 Å². The average Bonchev–Trinajstić information content (AvgIpc) is 3.06. The number of ether oxygens (including phenoxy) is 2. The quantitative estimate of drug-likeness (QED) is 0.357. The number of anilines is 1. The number of sulfonamides is 1. The molecule has 1 heterocycles. The highest BCUT2D eigenvalue weighted by Gasteiger charge is 2.25. The van der Waals surface area contributed by atoms with E-state index in [9.17, 15) is 13.2 Å². The van der Waals surface area contributed by atoms with Crippen LogP contribution in [-0.2, 0) is 26.0 Å². The van der Waals surface area contributed by atoms with Crippen molar-refractivity contribution in [1.29, 1.82) is 0 Å². The molecule has 0 radical (unpaired) electrons. The van der Waals surface area contributed by atoms with Crippen LogP contribution in [-0.4, -0.2) is 44.3 Å². The number of hydrogen-bond acceptors (Lipinski definition) is 6. The molecule has 0 aliphatic rings. The van der Waals surface area contributed by atoms with Crippen molar-refractivity contribution in [2.24, 2.45) is 0 Å². The average molecular weight is 496 g/mol. The molecule has 3 aromatic rings. The van der Waals surface area contributed by atoms with Crippen molar-refractivity contribution in [2.45, 2.75) is 24.8 Å². The van der Waals surface area contributed by atoms with Gasteiger partial charge < -0.3 is 14.0 Å². The van der Waals surface area contributed by atoms with Gasteiger partial charge in [-0.1, -0.05) is 28.1 Å². The first-order valence-electron chi connectivity index (χ1n) is 9.31. The van der Waals surface area contributed by atoms with Crippen molar-refractivity contribution in [1.82, 2.24) is 9.55 Å². The number of aromatic nitrogens is 2. The minimum atomic E-state index is -4.11. The van der Waals surface area contributed by atoms with Crippen LogP contribution < -0.4 is 4.72 Å². The molecule has 1 aromatic heterocycles. The third-order valence-electron chi connectivity index (χ3n) is 4.39. The molecule has 0 amide bonds. The lowest BCUT2D eigenvalue weighted by atomic mass is 10.2. The first-order valence-corrected chi connectivity index (χ1v) is 11.6. The zero-order valence-corrected chi connectivity index (χ0v) is 19.0. The number of methoxy groups -OCH3 is 1. The number of halogens is 1. The Morgan fingerprint density at radius 3 is 2.73 bits per heavy atom. The lowest BCUT2D eigenvalue weighted by molar-refractivity contribution is 0.0596. The first-order chi connectivity index (χ1) is 14.4. The Balaban J connectivity index is 2.00. The Kier molecular flexibility index (Phi) is 7.11. The van der Waals surface area contributed by atoms with Gasteiger partial charge in [-0.15, -0.1) is 0 Å². The van der Waals surface area contributed by atoms with Crippen molar-refractivity contribution in [2.75, 3.05) is 25.0 Å². The van der Waals surface area contributed by atoms with Crippen molar-refractivity contribution >= 4 is 48.9 Å². The third kappa shape index (κ3) is 4.82. The number of fused-ring (bicyclic) bond motifs is 1. The number of imidazole rings is 1. The molecule has 30 heavy (non-hydrogen) atoms. The van der Waals surface area contributed by atoms with E-state index in [1.807, 2.05) is 31.2 Å². The van der Waals surface area contributed by atoms with Crippen LogP contribution in [0.3, 0.4) is 0 Å². The van der Waals surface area contributed by atoms with Crippen LogP contribution in [0.25, 0.3) is 11.0 Å². The zero-order valence-electron chi connectivity index (χ0n) is 16.6. The topological polar surface area (TPSA) is 99.5 Å². The highest BCUT2D eigenvalue weighted by molar-refractivity contribution is 9.10. The van der Waals surface area contributed by atoms with E-state index in [0.29, 0.717) is 36.2 Å². The zero-order chi connectivity index (χ0) is 21.7. The van der Waals surface area contributed by atoms with Crippen LogP contribution in [0.15, 0.2) is 51.8 Å². The lowest BCUT2D eigenvalue weighted by Gasteiger charge is -2.13. The Labute approximate surface area is 183 Å². The normalized spacial score (nSPS) is 11.6. The molecule has 160 valence electrons. The number of nitrogens with zero attached hydrogens (tertiary/aromatic N) is 2. The molecular formula is C20H22BrN3O5S. The molecule has 8 nitrogen and oxygen atoms in total. The lowest BCUT2D eigenvalue weighted by Crippen LogP contribution is -2.20. The van der Waals surface area contributed by atoms with Crippen molar-refractivity contribution in [3.05, 3.63) is 52.5 Å². The molecule has 0 bridgehead atoms. The van der Waals surface area contributed by atoms with Crippen LogP contribution in [0.5, 0.6) is 0 Å². The minimum absolute atomic E-state index is 0.0709. The van der Waals surface area contributed by atoms with E-state index in [4.69, 9.17) is 9.47 Å². The maximum absolute atomic E-state index is 13.1. The molecule has 2 aromatic carbocycles. The van der Waals surface area contributed by atoms with Gasteiger partial charge in [-0.25, -0.2) is 22.9 Å². The van der Waals surface area contributed by atoms with Gasteiger partial charge in [0.1, 0.15) is 4.90 Å². The van der Waals surface area contributed by atoms with Gasteiger partial charge in [0.05, 0.1) is 23.7 Å². The number of carbonyl (C=O) groups is 1. The molecule has 1 N–H and O–H groups in total. The highest BCUT2D eigenvalue weighted by Crippen LogP contribution is 2.26. The van der Waals surface area contributed by atoms with E-state index in [1.54, 1.807) is 10.6 Å². The summed E-state index contributed by atoms with van der Waals surface area (Å²) < 4.78 is 41.3. The minimum Gasteiger partial charge on any atom is -0.465 e. The van der Waals surface area contributed by atoms with E-state index in [1.165, 1.54) is 19.2 Å². The summed E-state index contributed by atoms with van der Waals surface area (Å²) in [5, 5.41) is 0. The number of aryl methyl sites for hydroxylation is 1. The number of benzene rings is 2. The van der Waals surface area contributed by atoms with Gasteiger partial charge >= 0.3 is 5.97 Å². The summed E-state index contributed by atoms with van der Waals surface area (Å²) in [6.45, 7) is 3.60. The molecule has 0 spiro atoms. The van der Waals surface area contributed by atoms with Gasteiger partial charge in [-0.3, -0.25) is 0 Å². The van der Waals surface area contributed by atoms with E-state index < -0.39 is 16.0 Å². The van der Waals surface area contributed by atoms with E-state index in [-0.39, 0.29) is 16.4 Å². The number of hydrogen-bond donors (Lipinski definition) is 1. The summed E-state index contributed by atoms with van der Waals surface area (Å²) in [4.78, 5) is 16.4. The molecule has 3 rings (SSSR count). The molecule has 0 atom stereocenters. The second kappa shape index (κ2) is 9.59. The molecule has 0 aliphatic carbocycles. The Bertz CT molecular complexity index is 1160. The van der Waals surface area contributed by atoms with Crippen molar-refractivity contribution < 1.29 is 22.7 Å². The number of rotatable bonds is 9. The molecular weight excluding hydrogens is 474 g/mol. The van der Waals surface area contributed by atoms with Crippen LogP contribution in [0.2, 0.25) is 0 Å². The van der Waals surface area contributed by atoms with Gasteiger partial charge in [0.25, 0.3) is 10.0 Å². The third-order valence-corrected chi connectivity index (χ3v) is 6.27. The Hall–Kier alpha value is -2.43.